The standard InChI is InChI=1S/C25H18N2O5S.Na/c28-24(17-7-9-21-22(14-17)32-11-10-31-21)18(12-15-4-2-1-3-5-15)23(25(29)30)16-6-8-19-20(13-16)27-33-26-19;/h1-9,13-14H,10-12H2,(H,29,30);/q;+1/p-1/b23-18+;. The van der Waals surface area contributed by atoms with Crippen molar-refractivity contribution in [2.24, 2.45) is 0 Å². The van der Waals surface area contributed by atoms with Gasteiger partial charge in [0.25, 0.3) is 0 Å². The first-order valence-corrected chi connectivity index (χ1v) is 11.0. The average molecular weight is 480 g/mol. The van der Waals surface area contributed by atoms with Gasteiger partial charge in [-0.15, -0.1) is 0 Å². The Morgan fingerprint density at radius 2 is 1.56 bits per heavy atom. The third kappa shape index (κ3) is 4.90. The van der Waals surface area contributed by atoms with Crippen molar-refractivity contribution < 1.29 is 53.7 Å². The number of aromatic nitrogens is 2. The van der Waals surface area contributed by atoms with Crippen LogP contribution in [0.5, 0.6) is 11.5 Å². The molecule has 9 heteroatoms. The molecule has 0 atom stereocenters. The topological polar surface area (TPSA) is 101 Å². The van der Waals surface area contributed by atoms with Crippen LogP contribution in [0.15, 0.2) is 72.3 Å². The van der Waals surface area contributed by atoms with E-state index in [9.17, 15) is 14.7 Å². The Labute approximate surface area is 221 Å². The molecular weight excluding hydrogens is 463 g/mol. The van der Waals surface area contributed by atoms with Crippen LogP contribution >= 0.6 is 11.7 Å². The van der Waals surface area contributed by atoms with Crippen molar-refractivity contribution in [3.63, 3.8) is 0 Å². The smallest absolute Gasteiger partial charge is 0.545 e. The van der Waals surface area contributed by atoms with E-state index in [2.05, 4.69) is 8.75 Å². The minimum absolute atomic E-state index is 0. The van der Waals surface area contributed by atoms with Crippen LogP contribution < -0.4 is 44.1 Å². The van der Waals surface area contributed by atoms with Gasteiger partial charge in [0.1, 0.15) is 24.2 Å². The summed E-state index contributed by atoms with van der Waals surface area (Å²) in [6.45, 7) is 0.811. The van der Waals surface area contributed by atoms with Gasteiger partial charge in [-0.1, -0.05) is 36.4 Å². The van der Waals surface area contributed by atoms with Crippen LogP contribution in [0.1, 0.15) is 21.5 Å². The molecule has 0 fully saturated rings. The van der Waals surface area contributed by atoms with Crippen molar-refractivity contribution in [3.05, 3.63) is 89.0 Å². The normalized spacial score (nSPS) is 13.1. The number of hydrogen-bond donors (Lipinski definition) is 0. The number of carbonyl (C=O) groups is 2. The number of Topliss-reactive ketones (excluding diaryl/α,β-unsaturated/α-hetero) is 1. The predicted molar refractivity (Wildman–Crippen MR) is 121 cm³/mol. The Balaban J connectivity index is 0.00000274. The number of carboxylic acids is 1. The van der Waals surface area contributed by atoms with Crippen molar-refractivity contribution >= 4 is 40.1 Å². The van der Waals surface area contributed by atoms with E-state index in [0.717, 1.165) is 17.3 Å². The number of aliphatic carboxylic acids is 1. The molecule has 0 amide bonds. The summed E-state index contributed by atoms with van der Waals surface area (Å²) in [5.74, 6) is -0.856. The van der Waals surface area contributed by atoms with Crippen molar-refractivity contribution in [1.82, 2.24) is 8.75 Å². The number of hydrogen-bond acceptors (Lipinski definition) is 8. The number of benzene rings is 3. The molecular formula is C25H17N2NaO5S. The zero-order valence-electron chi connectivity index (χ0n) is 18.3. The van der Waals surface area contributed by atoms with Crippen molar-refractivity contribution in [2.45, 2.75) is 6.42 Å². The summed E-state index contributed by atoms with van der Waals surface area (Å²) in [5.41, 5.74) is 2.60. The molecule has 4 aromatic rings. The Hall–Kier alpha value is -3.04. The minimum atomic E-state index is -1.44. The third-order valence-corrected chi connectivity index (χ3v) is 5.91. The van der Waals surface area contributed by atoms with Gasteiger partial charge in [-0.3, -0.25) is 4.79 Å². The maximum absolute atomic E-state index is 13.7. The molecule has 5 rings (SSSR count). The molecule has 0 bridgehead atoms. The Kier molecular flexibility index (Phi) is 7.43. The van der Waals surface area contributed by atoms with E-state index in [-0.39, 0.29) is 47.1 Å². The van der Waals surface area contributed by atoms with Gasteiger partial charge in [-0.05, 0) is 41.5 Å². The number of nitrogens with zero attached hydrogens (tertiary/aromatic N) is 2. The fourth-order valence-corrected chi connectivity index (χ4v) is 4.31. The molecule has 7 nitrogen and oxygen atoms in total. The summed E-state index contributed by atoms with van der Waals surface area (Å²) < 4.78 is 19.5. The van der Waals surface area contributed by atoms with Gasteiger partial charge in [0.05, 0.1) is 17.7 Å². The van der Waals surface area contributed by atoms with E-state index in [1.54, 1.807) is 36.4 Å². The first-order chi connectivity index (χ1) is 16.1. The van der Waals surface area contributed by atoms with Gasteiger partial charge in [-0.2, -0.15) is 8.75 Å². The second-order valence-corrected chi connectivity index (χ2v) is 7.99. The molecule has 0 radical (unpaired) electrons. The number of allylic oxidation sites excluding steroid dienone is 1. The number of ketones is 1. The van der Waals surface area contributed by atoms with Crippen LogP contribution in [-0.4, -0.2) is 33.7 Å². The molecule has 0 saturated carbocycles. The molecule has 3 aromatic carbocycles. The maximum Gasteiger partial charge on any atom is 1.00 e. The number of rotatable bonds is 6. The SMILES string of the molecule is O=C([O-])/C(=C(\Cc1ccccc1)C(=O)c1ccc2c(c1)OCCO2)c1ccc2nsnc2c1.[Na+]. The Bertz CT molecular complexity index is 1400. The summed E-state index contributed by atoms with van der Waals surface area (Å²) in [5, 5.41) is 12.4. The van der Waals surface area contributed by atoms with E-state index in [1.807, 2.05) is 30.3 Å². The van der Waals surface area contributed by atoms with Gasteiger partial charge in [0.15, 0.2) is 17.3 Å². The molecule has 0 spiro atoms. The van der Waals surface area contributed by atoms with E-state index in [0.29, 0.717) is 46.9 Å². The fourth-order valence-electron chi connectivity index (χ4n) is 3.79. The van der Waals surface area contributed by atoms with Crippen LogP contribution in [0.2, 0.25) is 0 Å². The van der Waals surface area contributed by atoms with E-state index in [1.165, 1.54) is 0 Å². The molecule has 1 aliphatic heterocycles. The second-order valence-electron chi connectivity index (χ2n) is 7.46. The molecule has 0 N–H and O–H groups in total. The van der Waals surface area contributed by atoms with Gasteiger partial charge in [0, 0.05) is 23.1 Å². The molecule has 0 unspecified atom stereocenters. The van der Waals surface area contributed by atoms with Crippen LogP contribution in [0, 0.1) is 0 Å². The first kappa shape index (κ1) is 24.1. The summed E-state index contributed by atoms with van der Waals surface area (Å²) in [4.78, 5) is 26.1. The zero-order chi connectivity index (χ0) is 22.8. The molecule has 34 heavy (non-hydrogen) atoms. The molecule has 0 saturated heterocycles. The Morgan fingerprint density at radius 3 is 2.32 bits per heavy atom. The largest absolute Gasteiger partial charge is 1.00 e. The van der Waals surface area contributed by atoms with Gasteiger partial charge in [0.2, 0.25) is 0 Å². The number of carbonyl (C=O) groups excluding carboxylic acids is 2. The van der Waals surface area contributed by atoms with E-state index in [4.69, 9.17) is 9.47 Å². The van der Waals surface area contributed by atoms with Gasteiger partial charge < -0.3 is 19.4 Å². The van der Waals surface area contributed by atoms with Crippen LogP contribution in [0.4, 0.5) is 0 Å². The zero-order valence-corrected chi connectivity index (χ0v) is 21.1. The molecule has 1 aliphatic rings. The van der Waals surface area contributed by atoms with Crippen LogP contribution in [0.25, 0.3) is 16.6 Å². The summed E-state index contributed by atoms with van der Waals surface area (Å²) in [6.07, 6.45) is 0.116. The van der Waals surface area contributed by atoms with Crippen molar-refractivity contribution in [1.29, 1.82) is 0 Å². The summed E-state index contributed by atoms with van der Waals surface area (Å²) >= 11 is 1.04. The third-order valence-electron chi connectivity index (χ3n) is 5.35. The minimum Gasteiger partial charge on any atom is -0.545 e. The molecule has 2 heterocycles. The number of ether oxygens (including phenoxy) is 2. The quantitative estimate of drug-likeness (QED) is 0.219. The van der Waals surface area contributed by atoms with E-state index >= 15 is 0 Å². The Morgan fingerprint density at radius 1 is 0.853 bits per heavy atom. The van der Waals surface area contributed by atoms with Crippen molar-refractivity contribution in [2.75, 3.05) is 13.2 Å². The summed E-state index contributed by atoms with van der Waals surface area (Å²) in [6, 6.07) is 19.0. The van der Waals surface area contributed by atoms with Crippen LogP contribution in [-0.2, 0) is 11.2 Å². The molecule has 1 aromatic heterocycles. The van der Waals surface area contributed by atoms with Crippen LogP contribution in [0.3, 0.4) is 0 Å². The monoisotopic (exact) mass is 480 g/mol. The number of carboxylic acid groups (broad SMARTS) is 1. The maximum atomic E-state index is 13.7. The average Bonchev–Trinajstić information content (AvgIpc) is 3.31. The fraction of sp³-hybridized carbons (Fsp3) is 0.120. The predicted octanol–water partition coefficient (Wildman–Crippen LogP) is 0.0956. The first-order valence-electron chi connectivity index (χ1n) is 10.3. The van der Waals surface area contributed by atoms with Crippen molar-refractivity contribution in [3.8, 4) is 11.5 Å². The molecule has 164 valence electrons. The summed E-state index contributed by atoms with van der Waals surface area (Å²) in [7, 11) is 0. The number of fused-ring (bicyclic) bond motifs is 2. The second kappa shape index (κ2) is 10.5. The van der Waals surface area contributed by atoms with E-state index < -0.39 is 11.8 Å². The van der Waals surface area contributed by atoms with Gasteiger partial charge in [-0.25, -0.2) is 0 Å². The van der Waals surface area contributed by atoms with Gasteiger partial charge >= 0.3 is 29.6 Å². The molecule has 0 aliphatic carbocycles.